The lowest BCUT2D eigenvalue weighted by Gasteiger charge is -2.33. The average molecular weight is 226 g/mol. The molecule has 0 radical (unpaired) electrons. The molecule has 0 saturated heterocycles. The van der Waals surface area contributed by atoms with E-state index in [1.807, 2.05) is 0 Å². The minimum absolute atomic E-state index is 0.170. The van der Waals surface area contributed by atoms with Gasteiger partial charge in [0.1, 0.15) is 0 Å². The van der Waals surface area contributed by atoms with Crippen LogP contribution >= 0.6 is 0 Å². The van der Waals surface area contributed by atoms with Crippen LogP contribution in [0.1, 0.15) is 37.5 Å². The lowest BCUT2D eigenvalue weighted by Crippen LogP contribution is -2.27. The number of benzene rings is 1. The first-order chi connectivity index (χ1) is 7.93. The molecule has 1 unspecified atom stereocenters. The van der Waals surface area contributed by atoms with Crippen LogP contribution in [0.2, 0.25) is 0 Å². The summed E-state index contributed by atoms with van der Waals surface area (Å²) >= 11 is 0. The highest BCUT2D eigenvalue weighted by Gasteiger charge is 2.31. The van der Waals surface area contributed by atoms with Crippen LogP contribution in [0.4, 0.5) is 0 Å². The third-order valence-electron chi connectivity index (χ3n) is 3.97. The zero-order chi connectivity index (χ0) is 12.6. The summed E-state index contributed by atoms with van der Waals surface area (Å²) in [4.78, 5) is 0. The van der Waals surface area contributed by atoms with Gasteiger partial charge in [0.05, 0.1) is 0 Å². The fourth-order valence-electron chi connectivity index (χ4n) is 3.10. The molecule has 0 amide bonds. The van der Waals surface area contributed by atoms with E-state index >= 15 is 0 Å². The summed E-state index contributed by atoms with van der Waals surface area (Å²) in [5, 5.41) is 0. The summed E-state index contributed by atoms with van der Waals surface area (Å²) in [6, 6.07) is 6.59. The summed E-state index contributed by atoms with van der Waals surface area (Å²) in [6.07, 6.45) is 6.95. The normalized spacial score (nSPS) is 19.6. The molecular weight excluding hydrogens is 204 g/mol. The van der Waals surface area contributed by atoms with Gasteiger partial charge in [0, 0.05) is 5.92 Å². The number of hydrogen-bond donors (Lipinski definition) is 0. The number of hydrogen-bond acceptors (Lipinski definition) is 0. The van der Waals surface area contributed by atoms with Crippen molar-refractivity contribution in [2.24, 2.45) is 5.92 Å². The third kappa shape index (κ3) is 2.09. The van der Waals surface area contributed by atoms with Gasteiger partial charge in [0.2, 0.25) is 0 Å². The van der Waals surface area contributed by atoms with E-state index in [1.54, 1.807) is 0 Å². The van der Waals surface area contributed by atoms with E-state index in [9.17, 15) is 0 Å². The number of aryl methyl sites for hydroxylation is 2. The first kappa shape index (κ1) is 12.2. The molecule has 0 aliphatic heterocycles. The Balaban J connectivity index is 2.49. The second-order valence-corrected chi connectivity index (χ2v) is 5.78. The van der Waals surface area contributed by atoms with Gasteiger partial charge in [0.25, 0.3) is 0 Å². The highest BCUT2D eigenvalue weighted by molar-refractivity contribution is 5.43. The third-order valence-corrected chi connectivity index (χ3v) is 3.97. The van der Waals surface area contributed by atoms with Gasteiger partial charge < -0.3 is 0 Å². The fraction of sp³-hybridized carbons (Fsp3) is 0.412. The topological polar surface area (TPSA) is 0 Å². The van der Waals surface area contributed by atoms with Gasteiger partial charge in [-0.05, 0) is 42.9 Å². The van der Waals surface area contributed by atoms with Crippen molar-refractivity contribution < 1.29 is 0 Å². The molecule has 1 aliphatic carbocycles. The molecule has 1 aliphatic rings. The summed E-state index contributed by atoms with van der Waals surface area (Å²) in [5.41, 5.74) is 5.86. The quantitative estimate of drug-likeness (QED) is 0.685. The smallest absolute Gasteiger partial charge is 0.00474 e. The molecule has 0 saturated carbocycles. The molecule has 1 atom stereocenters. The molecule has 17 heavy (non-hydrogen) atoms. The van der Waals surface area contributed by atoms with Crippen molar-refractivity contribution in [1.29, 1.82) is 0 Å². The standard InChI is InChI=1S/C17H22/c1-12-9-10-15(11-12)17(4,5)16-13(2)7-6-8-14(16)3/h6-11,15H,1-5H3. The average Bonchev–Trinajstić information content (AvgIpc) is 2.64. The van der Waals surface area contributed by atoms with Gasteiger partial charge >= 0.3 is 0 Å². The van der Waals surface area contributed by atoms with Crippen molar-refractivity contribution in [2.45, 2.75) is 40.0 Å². The molecule has 0 fully saturated rings. The van der Waals surface area contributed by atoms with Crippen molar-refractivity contribution in [1.82, 2.24) is 0 Å². The van der Waals surface area contributed by atoms with Crippen molar-refractivity contribution >= 4 is 0 Å². The molecule has 2 rings (SSSR count). The lowest BCUT2D eigenvalue weighted by atomic mass is 9.71. The SMILES string of the molecule is CC1=CC(C(C)(C)c2c(C)cccc2C)C=C1. The minimum Gasteiger partial charge on any atom is -0.0765 e. The fourth-order valence-corrected chi connectivity index (χ4v) is 3.10. The Morgan fingerprint density at radius 1 is 1.00 bits per heavy atom. The molecule has 0 nitrogen and oxygen atoms in total. The van der Waals surface area contributed by atoms with Crippen LogP contribution < -0.4 is 0 Å². The Bertz CT molecular complexity index is 467. The maximum Gasteiger partial charge on any atom is 0.00474 e. The van der Waals surface area contributed by atoms with Gasteiger partial charge in [-0.25, -0.2) is 0 Å². The second-order valence-electron chi connectivity index (χ2n) is 5.78. The van der Waals surface area contributed by atoms with Crippen LogP contribution in [-0.2, 0) is 5.41 Å². The van der Waals surface area contributed by atoms with Crippen LogP contribution in [0, 0.1) is 19.8 Å². The van der Waals surface area contributed by atoms with E-state index in [1.165, 1.54) is 22.3 Å². The highest BCUT2D eigenvalue weighted by atomic mass is 14.4. The maximum absolute atomic E-state index is 2.38. The highest BCUT2D eigenvalue weighted by Crippen LogP contribution is 2.39. The minimum atomic E-state index is 0.170. The largest absolute Gasteiger partial charge is 0.0765 e. The monoisotopic (exact) mass is 226 g/mol. The van der Waals surface area contributed by atoms with Crippen LogP contribution in [0.5, 0.6) is 0 Å². The Morgan fingerprint density at radius 2 is 1.59 bits per heavy atom. The van der Waals surface area contributed by atoms with Gasteiger partial charge in [-0.2, -0.15) is 0 Å². The number of rotatable bonds is 2. The molecule has 1 aromatic carbocycles. The lowest BCUT2D eigenvalue weighted by molar-refractivity contribution is 0.443. The van der Waals surface area contributed by atoms with Gasteiger partial charge in [-0.15, -0.1) is 0 Å². The van der Waals surface area contributed by atoms with Crippen molar-refractivity contribution in [2.75, 3.05) is 0 Å². The second kappa shape index (κ2) is 4.18. The predicted octanol–water partition coefficient (Wildman–Crippen LogP) is 4.71. The van der Waals surface area contributed by atoms with Crippen molar-refractivity contribution in [3.8, 4) is 0 Å². The van der Waals surface area contributed by atoms with Gasteiger partial charge in [-0.3, -0.25) is 0 Å². The molecule has 0 heterocycles. The molecule has 90 valence electrons. The Labute approximate surface area is 105 Å². The zero-order valence-electron chi connectivity index (χ0n) is 11.5. The van der Waals surface area contributed by atoms with E-state index in [0.29, 0.717) is 5.92 Å². The molecule has 0 bridgehead atoms. The maximum atomic E-state index is 2.38. The molecule has 0 aromatic heterocycles. The van der Waals surface area contributed by atoms with Gasteiger partial charge in [-0.1, -0.05) is 55.8 Å². The molecule has 0 spiro atoms. The zero-order valence-corrected chi connectivity index (χ0v) is 11.5. The molecular formula is C17H22. The van der Waals surface area contributed by atoms with Gasteiger partial charge in [0.15, 0.2) is 0 Å². The van der Waals surface area contributed by atoms with Crippen LogP contribution in [0.25, 0.3) is 0 Å². The first-order valence-electron chi connectivity index (χ1n) is 6.36. The summed E-state index contributed by atoms with van der Waals surface area (Å²) in [5.74, 6) is 0.516. The Hall–Kier alpha value is -1.30. The van der Waals surface area contributed by atoms with Crippen molar-refractivity contribution in [3.63, 3.8) is 0 Å². The van der Waals surface area contributed by atoms with E-state index in [4.69, 9.17) is 0 Å². The summed E-state index contributed by atoms with van der Waals surface area (Å²) < 4.78 is 0. The first-order valence-corrected chi connectivity index (χ1v) is 6.36. The Morgan fingerprint density at radius 3 is 2.06 bits per heavy atom. The predicted molar refractivity (Wildman–Crippen MR) is 75.3 cm³/mol. The summed E-state index contributed by atoms with van der Waals surface area (Å²) in [7, 11) is 0. The van der Waals surface area contributed by atoms with E-state index in [-0.39, 0.29) is 5.41 Å². The van der Waals surface area contributed by atoms with E-state index < -0.39 is 0 Å². The Kier molecular flexibility index (Phi) is 2.99. The number of allylic oxidation sites excluding steroid dienone is 4. The van der Waals surface area contributed by atoms with Crippen molar-refractivity contribution in [3.05, 3.63) is 58.7 Å². The molecule has 0 N–H and O–H groups in total. The van der Waals surface area contributed by atoms with Crippen LogP contribution in [0.15, 0.2) is 42.0 Å². The summed E-state index contributed by atoms with van der Waals surface area (Å²) in [6.45, 7) is 11.3. The van der Waals surface area contributed by atoms with Crippen LogP contribution in [0.3, 0.4) is 0 Å². The van der Waals surface area contributed by atoms with E-state index in [2.05, 4.69) is 71.0 Å². The molecule has 1 aromatic rings. The molecule has 0 heteroatoms. The van der Waals surface area contributed by atoms with Crippen LogP contribution in [-0.4, -0.2) is 0 Å². The van der Waals surface area contributed by atoms with E-state index in [0.717, 1.165) is 0 Å².